The third kappa shape index (κ3) is 64.0. The molecule has 0 aromatic rings. The second-order valence-electron chi connectivity index (χ2n) is 25.3. The summed E-state index contributed by atoms with van der Waals surface area (Å²) in [5, 5.41) is 23.4. The van der Waals surface area contributed by atoms with E-state index in [1.165, 1.54) is 353 Å². The van der Waals surface area contributed by atoms with Gasteiger partial charge in [-0.3, -0.25) is 9.59 Å². The molecule has 0 aliphatic rings. The van der Waals surface area contributed by atoms with E-state index in [-0.39, 0.29) is 18.5 Å². The summed E-state index contributed by atoms with van der Waals surface area (Å²) >= 11 is 0. The number of amides is 1. The third-order valence-electron chi connectivity index (χ3n) is 17.4. The lowest BCUT2D eigenvalue weighted by Gasteiger charge is -2.22. The molecule has 0 aromatic heterocycles. The first-order valence-corrected chi connectivity index (χ1v) is 36.3. The fraction of sp³-hybridized carbons (Fsp3) is 0.972. The van der Waals surface area contributed by atoms with E-state index in [1.54, 1.807) is 0 Å². The van der Waals surface area contributed by atoms with Crippen LogP contribution in [0.5, 0.6) is 0 Å². The second kappa shape index (κ2) is 68.4. The summed E-state index contributed by atoms with van der Waals surface area (Å²) < 4.78 is 5.48. The summed E-state index contributed by atoms with van der Waals surface area (Å²) in [5.74, 6) is -0.00466. The fourth-order valence-corrected chi connectivity index (χ4v) is 11.9. The van der Waals surface area contributed by atoms with Crippen LogP contribution < -0.4 is 5.32 Å². The molecule has 78 heavy (non-hydrogen) atoms. The van der Waals surface area contributed by atoms with Gasteiger partial charge >= 0.3 is 5.97 Å². The second-order valence-corrected chi connectivity index (χ2v) is 25.3. The van der Waals surface area contributed by atoms with Crippen molar-refractivity contribution in [3.8, 4) is 0 Å². The van der Waals surface area contributed by atoms with Crippen LogP contribution in [-0.2, 0) is 14.3 Å². The monoisotopic (exact) mass is 1100 g/mol. The number of carbonyl (C=O) groups excluding carboxylic acids is 2. The minimum atomic E-state index is -0.661. The number of rotatable bonds is 69. The number of carbonyl (C=O) groups is 2. The van der Waals surface area contributed by atoms with Crippen LogP contribution in [-0.4, -0.2) is 47.4 Å². The zero-order valence-corrected chi connectivity index (χ0v) is 53.4. The van der Waals surface area contributed by atoms with Crippen LogP contribution in [0.1, 0.15) is 425 Å². The molecule has 0 bridgehead atoms. The van der Waals surface area contributed by atoms with E-state index in [9.17, 15) is 19.8 Å². The predicted octanol–water partition coefficient (Wildman–Crippen LogP) is 23.4. The van der Waals surface area contributed by atoms with Crippen LogP contribution in [0.3, 0.4) is 0 Å². The Morgan fingerprint density at radius 1 is 0.308 bits per heavy atom. The largest absolute Gasteiger partial charge is 0.466 e. The van der Waals surface area contributed by atoms with Gasteiger partial charge in [0.05, 0.1) is 25.4 Å². The van der Waals surface area contributed by atoms with Crippen molar-refractivity contribution < 1.29 is 24.5 Å². The van der Waals surface area contributed by atoms with Crippen molar-refractivity contribution in [1.82, 2.24) is 5.32 Å². The topological polar surface area (TPSA) is 95.9 Å². The molecule has 3 N–H and O–H groups in total. The lowest BCUT2D eigenvalue weighted by molar-refractivity contribution is -0.143. The lowest BCUT2D eigenvalue weighted by Crippen LogP contribution is -2.45. The first-order chi connectivity index (χ1) is 38.5. The van der Waals surface area contributed by atoms with Gasteiger partial charge in [0.25, 0.3) is 0 Å². The number of hydrogen-bond acceptors (Lipinski definition) is 5. The lowest BCUT2D eigenvalue weighted by atomic mass is 10.0. The van der Waals surface area contributed by atoms with Crippen LogP contribution in [0.4, 0.5) is 0 Å². The molecule has 2 atom stereocenters. The highest BCUT2D eigenvalue weighted by atomic mass is 16.5. The minimum absolute atomic E-state index is 0.0210. The maximum atomic E-state index is 12.5. The SMILES string of the molecule is CCCCCCCCCCCCCCCCCCCCCCC(O)C(CO)NC(=O)CCCCCCCCCCCCCCCCCCCCCCCCCCCCCCCCOC(=O)CCCCCCCCCCCCC. The molecule has 0 saturated heterocycles. The molecular weight excluding hydrogens is 959 g/mol. The highest BCUT2D eigenvalue weighted by Gasteiger charge is 2.20. The molecular formula is C72H143NO5. The number of ether oxygens (including phenoxy) is 1. The first kappa shape index (κ1) is 76.9. The summed E-state index contributed by atoms with van der Waals surface area (Å²) in [7, 11) is 0. The van der Waals surface area contributed by atoms with Gasteiger partial charge in [-0.25, -0.2) is 0 Å². The molecule has 0 aliphatic heterocycles. The molecule has 0 aromatic carbocycles. The minimum Gasteiger partial charge on any atom is -0.466 e. The molecule has 6 heteroatoms. The van der Waals surface area contributed by atoms with Crippen molar-refractivity contribution in [3.05, 3.63) is 0 Å². The van der Waals surface area contributed by atoms with Gasteiger partial charge in [0, 0.05) is 12.8 Å². The van der Waals surface area contributed by atoms with Gasteiger partial charge < -0.3 is 20.3 Å². The van der Waals surface area contributed by atoms with E-state index < -0.39 is 12.1 Å². The Morgan fingerprint density at radius 3 is 0.782 bits per heavy atom. The van der Waals surface area contributed by atoms with Crippen LogP contribution in [0, 0.1) is 0 Å². The molecule has 0 spiro atoms. The smallest absolute Gasteiger partial charge is 0.305 e. The molecule has 0 aliphatic carbocycles. The summed E-state index contributed by atoms with van der Waals surface area (Å²) in [4.78, 5) is 24.6. The molecule has 1 amide bonds. The number of aliphatic hydroxyl groups is 2. The number of esters is 1. The predicted molar refractivity (Wildman–Crippen MR) is 343 cm³/mol. The molecule has 0 radical (unpaired) electrons. The van der Waals surface area contributed by atoms with Crippen LogP contribution >= 0.6 is 0 Å². The van der Waals surface area contributed by atoms with E-state index in [4.69, 9.17) is 4.74 Å². The fourth-order valence-electron chi connectivity index (χ4n) is 11.9. The highest BCUT2D eigenvalue weighted by molar-refractivity contribution is 5.76. The molecule has 2 unspecified atom stereocenters. The van der Waals surface area contributed by atoms with Crippen LogP contribution in [0.2, 0.25) is 0 Å². The van der Waals surface area contributed by atoms with Crippen molar-refractivity contribution in [2.24, 2.45) is 0 Å². The zero-order valence-electron chi connectivity index (χ0n) is 53.4. The molecule has 0 saturated carbocycles. The third-order valence-corrected chi connectivity index (χ3v) is 17.4. The maximum Gasteiger partial charge on any atom is 0.305 e. The molecule has 0 rings (SSSR count). The van der Waals surface area contributed by atoms with Gasteiger partial charge in [-0.15, -0.1) is 0 Å². The highest BCUT2D eigenvalue weighted by Crippen LogP contribution is 2.20. The maximum absolute atomic E-state index is 12.5. The quantitative estimate of drug-likeness (QED) is 0.0417. The molecule has 0 fully saturated rings. The Kier molecular flexibility index (Phi) is 67.4. The Morgan fingerprint density at radius 2 is 0.526 bits per heavy atom. The van der Waals surface area contributed by atoms with Crippen molar-refractivity contribution in [3.63, 3.8) is 0 Å². The van der Waals surface area contributed by atoms with Crippen LogP contribution in [0.15, 0.2) is 0 Å². The van der Waals surface area contributed by atoms with Gasteiger partial charge in [0.15, 0.2) is 0 Å². The zero-order chi connectivity index (χ0) is 56.4. The van der Waals surface area contributed by atoms with E-state index in [0.29, 0.717) is 25.9 Å². The van der Waals surface area contributed by atoms with Crippen molar-refractivity contribution in [2.75, 3.05) is 13.2 Å². The van der Waals surface area contributed by atoms with E-state index in [1.807, 2.05) is 0 Å². The molecule has 6 nitrogen and oxygen atoms in total. The Balaban J connectivity index is 3.33. The number of hydrogen-bond donors (Lipinski definition) is 3. The van der Waals surface area contributed by atoms with Crippen molar-refractivity contribution in [2.45, 2.75) is 437 Å². The summed E-state index contributed by atoms with van der Waals surface area (Å²) in [5.41, 5.74) is 0. The van der Waals surface area contributed by atoms with Crippen molar-refractivity contribution >= 4 is 11.9 Å². The van der Waals surface area contributed by atoms with Gasteiger partial charge in [0.1, 0.15) is 0 Å². The first-order valence-electron chi connectivity index (χ1n) is 36.3. The van der Waals surface area contributed by atoms with E-state index in [2.05, 4.69) is 19.2 Å². The summed E-state index contributed by atoms with van der Waals surface area (Å²) in [6, 6.07) is -0.538. The van der Waals surface area contributed by atoms with Crippen LogP contribution in [0.25, 0.3) is 0 Å². The average molecular weight is 1100 g/mol. The number of unbranched alkanes of at least 4 members (excludes halogenated alkanes) is 58. The Labute approximate surface area is 489 Å². The summed E-state index contributed by atoms with van der Waals surface area (Å²) in [6.07, 6.45) is 83.1. The normalized spacial score (nSPS) is 12.4. The van der Waals surface area contributed by atoms with Gasteiger partial charge in [0.2, 0.25) is 5.91 Å². The number of aliphatic hydroxyl groups excluding tert-OH is 2. The van der Waals surface area contributed by atoms with E-state index in [0.717, 1.165) is 38.5 Å². The average Bonchev–Trinajstić information content (AvgIpc) is 3.44. The Hall–Kier alpha value is -1.14. The van der Waals surface area contributed by atoms with Gasteiger partial charge in [-0.05, 0) is 25.7 Å². The van der Waals surface area contributed by atoms with E-state index >= 15 is 0 Å². The van der Waals surface area contributed by atoms with Crippen molar-refractivity contribution in [1.29, 1.82) is 0 Å². The molecule has 0 heterocycles. The van der Waals surface area contributed by atoms with Gasteiger partial charge in [-0.2, -0.15) is 0 Å². The van der Waals surface area contributed by atoms with Gasteiger partial charge in [-0.1, -0.05) is 386 Å². The standard InChI is InChI=1S/C72H143NO5/c1-3-5-7-9-11-13-15-16-17-18-19-32-35-38-41-45-48-52-56-60-64-70(75)69(68-74)73-71(76)65-61-57-53-49-46-42-39-36-33-30-28-26-24-22-20-21-23-25-27-29-31-34-37-40-43-47-51-55-59-63-67-78-72(77)66-62-58-54-50-44-14-12-10-8-6-4-2/h69-70,74-75H,3-68H2,1-2H3,(H,73,76). The molecule has 466 valence electrons. The Bertz CT molecular complexity index is 1130. The number of nitrogens with one attached hydrogen (secondary N) is 1. The summed E-state index contributed by atoms with van der Waals surface area (Å²) in [6.45, 7) is 5.00.